The number of quaternary nitrogens is 1. The molecule has 0 heterocycles. The van der Waals surface area contributed by atoms with Gasteiger partial charge in [-0.15, -0.1) is 0 Å². The molecule has 0 aromatic heterocycles. The van der Waals surface area contributed by atoms with Crippen LogP contribution in [0.5, 0.6) is 0 Å². The van der Waals surface area contributed by atoms with Crippen molar-refractivity contribution in [1.82, 2.24) is 0 Å². The third kappa shape index (κ3) is 35.8. The van der Waals surface area contributed by atoms with Crippen LogP contribution in [0.4, 0.5) is 0 Å². The molecule has 2 atom stereocenters. The Balaban J connectivity index is 4.47. The lowest BCUT2D eigenvalue weighted by Crippen LogP contribution is -2.37. The summed E-state index contributed by atoms with van der Waals surface area (Å²) in [5, 5.41) is 0. The SMILES string of the molecule is CC/C=C\C/C=C\C/C=C\C/C=C\CCCCCCC(=O)OC(COC(=O)CCCCCCCCCCC)COP(=O)(O)OCC[N+](C)(C)C. The first-order valence-corrected chi connectivity index (χ1v) is 20.9. The summed E-state index contributed by atoms with van der Waals surface area (Å²) in [6.07, 6.45) is 35.9. The third-order valence-corrected chi connectivity index (χ3v) is 8.86. The molecule has 9 nitrogen and oxygen atoms in total. The van der Waals surface area contributed by atoms with Gasteiger partial charge in [-0.1, -0.05) is 127 Å². The van der Waals surface area contributed by atoms with Crippen LogP contribution in [0.1, 0.15) is 142 Å². The number of hydrogen-bond acceptors (Lipinski definition) is 7. The molecule has 0 spiro atoms. The average molecular weight is 727 g/mol. The summed E-state index contributed by atoms with van der Waals surface area (Å²) in [6, 6.07) is 0. The molecule has 0 aliphatic rings. The molecule has 50 heavy (non-hydrogen) atoms. The molecule has 0 bridgehead atoms. The fraction of sp³-hybridized carbons (Fsp3) is 0.750. The number of nitrogens with zero attached hydrogens (tertiary/aromatic N) is 1. The van der Waals surface area contributed by atoms with Gasteiger partial charge in [0.25, 0.3) is 0 Å². The van der Waals surface area contributed by atoms with Crippen LogP contribution in [0, 0.1) is 0 Å². The highest BCUT2D eigenvalue weighted by atomic mass is 31.2. The van der Waals surface area contributed by atoms with Gasteiger partial charge in [-0.3, -0.25) is 18.6 Å². The predicted octanol–water partition coefficient (Wildman–Crippen LogP) is 10.3. The lowest BCUT2D eigenvalue weighted by atomic mass is 10.1. The van der Waals surface area contributed by atoms with Gasteiger partial charge in [-0.05, 0) is 51.4 Å². The summed E-state index contributed by atoms with van der Waals surface area (Å²) in [5.74, 6) is -0.833. The second kappa shape index (κ2) is 32.8. The highest BCUT2D eigenvalue weighted by molar-refractivity contribution is 7.47. The minimum atomic E-state index is -4.37. The average Bonchev–Trinajstić information content (AvgIpc) is 3.06. The van der Waals surface area contributed by atoms with E-state index in [4.69, 9.17) is 18.5 Å². The van der Waals surface area contributed by atoms with Gasteiger partial charge >= 0.3 is 19.8 Å². The molecule has 1 N–H and O–H groups in total. The summed E-state index contributed by atoms with van der Waals surface area (Å²) in [4.78, 5) is 35.1. The van der Waals surface area contributed by atoms with Crippen molar-refractivity contribution >= 4 is 19.8 Å². The predicted molar refractivity (Wildman–Crippen MR) is 206 cm³/mol. The molecule has 0 aromatic carbocycles. The third-order valence-electron chi connectivity index (χ3n) is 7.87. The largest absolute Gasteiger partial charge is 0.472 e. The van der Waals surface area contributed by atoms with Crippen LogP contribution in [0.25, 0.3) is 0 Å². The fourth-order valence-electron chi connectivity index (χ4n) is 4.83. The first-order chi connectivity index (χ1) is 24.0. The smallest absolute Gasteiger partial charge is 0.462 e. The van der Waals surface area contributed by atoms with E-state index in [0.717, 1.165) is 70.6 Å². The van der Waals surface area contributed by atoms with E-state index in [-0.39, 0.29) is 32.0 Å². The molecule has 10 heteroatoms. The van der Waals surface area contributed by atoms with Crippen LogP contribution in [0.2, 0.25) is 0 Å². The quantitative estimate of drug-likeness (QED) is 0.0230. The van der Waals surface area contributed by atoms with E-state index in [0.29, 0.717) is 17.4 Å². The van der Waals surface area contributed by atoms with E-state index in [9.17, 15) is 19.0 Å². The van der Waals surface area contributed by atoms with E-state index >= 15 is 0 Å². The van der Waals surface area contributed by atoms with Crippen molar-refractivity contribution in [1.29, 1.82) is 0 Å². The van der Waals surface area contributed by atoms with Crippen molar-refractivity contribution in [3.8, 4) is 0 Å². The van der Waals surface area contributed by atoms with Crippen molar-refractivity contribution in [2.24, 2.45) is 0 Å². The monoisotopic (exact) mass is 727 g/mol. The molecule has 0 saturated heterocycles. The van der Waals surface area contributed by atoms with Gasteiger partial charge in [0.05, 0.1) is 27.7 Å². The molecule has 0 saturated carbocycles. The topological polar surface area (TPSA) is 108 Å². The van der Waals surface area contributed by atoms with Crippen LogP contribution in [0.3, 0.4) is 0 Å². The Morgan fingerprint density at radius 2 is 1.14 bits per heavy atom. The van der Waals surface area contributed by atoms with E-state index in [2.05, 4.69) is 62.5 Å². The summed E-state index contributed by atoms with van der Waals surface area (Å²) >= 11 is 0. The Labute approximate surface area is 305 Å². The summed E-state index contributed by atoms with van der Waals surface area (Å²) < 4.78 is 34.1. The maximum atomic E-state index is 12.6. The first-order valence-electron chi connectivity index (χ1n) is 19.4. The van der Waals surface area contributed by atoms with E-state index in [1.807, 2.05) is 21.1 Å². The minimum absolute atomic E-state index is 0.0255. The van der Waals surface area contributed by atoms with Crippen LogP contribution < -0.4 is 0 Å². The van der Waals surface area contributed by atoms with Gasteiger partial charge in [0.1, 0.15) is 19.8 Å². The Morgan fingerprint density at radius 1 is 0.640 bits per heavy atom. The number of hydrogen-bond donors (Lipinski definition) is 1. The highest BCUT2D eigenvalue weighted by Gasteiger charge is 2.27. The summed E-state index contributed by atoms with van der Waals surface area (Å²) in [7, 11) is 1.45. The zero-order valence-corrected chi connectivity index (χ0v) is 33.3. The number of ether oxygens (including phenoxy) is 2. The Morgan fingerprint density at radius 3 is 1.70 bits per heavy atom. The Bertz CT molecular complexity index is 1000. The number of likely N-dealkylation sites (N-methyl/N-ethyl adjacent to an activating group) is 1. The van der Waals surface area contributed by atoms with E-state index < -0.39 is 26.5 Å². The molecule has 0 aliphatic heterocycles. The first kappa shape index (κ1) is 48.0. The van der Waals surface area contributed by atoms with Gasteiger partial charge in [-0.25, -0.2) is 4.57 Å². The van der Waals surface area contributed by atoms with Crippen molar-refractivity contribution in [2.45, 2.75) is 148 Å². The standard InChI is InChI=1S/C40H72NO8P/c1-6-8-10-12-14-16-17-18-19-20-21-22-23-25-27-29-31-33-40(43)49-38(37-48-50(44,45)47-35-34-41(3,4)5)36-46-39(42)32-30-28-26-24-15-13-11-9-7-2/h8,10,14,16,18-19,21-22,38H,6-7,9,11-13,15,17,20,23-37H2,1-5H3/p+1/b10-8-,16-14-,19-18-,22-21-. The van der Waals surface area contributed by atoms with Gasteiger partial charge in [-0.2, -0.15) is 0 Å². The molecule has 0 fully saturated rings. The fourth-order valence-corrected chi connectivity index (χ4v) is 5.57. The molecule has 0 rings (SSSR count). The lowest BCUT2D eigenvalue weighted by molar-refractivity contribution is -0.870. The second-order valence-corrected chi connectivity index (χ2v) is 15.4. The van der Waals surface area contributed by atoms with Crippen LogP contribution >= 0.6 is 7.82 Å². The van der Waals surface area contributed by atoms with E-state index in [1.165, 1.54) is 38.5 Å². The molecule has 0 aliphatic carbocycles. The number of allylic oxidation sites excluding steroid dienone is 8. The summed E-state index contributed by atoms with van der Waals surface area (Å²) in [6.45, 7) is 4.23. The van der Waals surface area contributed by atoms with Gasteiger partial charge in [0, 0.05) is 12.8 Å². The molecular weight excluding hydrogens is 653 g/mol. The van der Waals surface area contributed by atoms with Gasteiger partial charge in [0.2, 0.25) is 0 Å². The molecule has 0 amide bonds. The van der Waals surface area contributed by atoms with Crippen LogP contribution in [-0.2, 0) is 32.7 Å². The number of phosphoric ester groups is 1. The number of unbranched alkanes of at least 4 members (excludes halogenated alkanes) is 12. The molecule has 290 valence electrons. The summed E-state index contributed by atoms with van der Waals surface area (Å²) in [5.41, 5.74) is 0. The zero-order valence-electron chi connectivity index (χ0n) is 32.4. The van der Waals surface area contributed by atoms with Crippen molar-refractivity contribution in [3.05, 3.63) is 48.6 Å². The van der Waals surface area contributed by atoms with Crippen LogP contribution in [-0.4, -0.2) is 74.9 Å². The highest BCUT2D eigenvalue weighted by Crippen LogP contribution is 2.43. The van der Waals surface area contributed by atoms with Crippen LogP contribution in [0.15, 0.2) is 48.6 Å². The van der Waals surface area contributed by atoms with Gasteiger partial charge in [0.15, 0.2) is 6.10 Å². The molecule has 0 aromatic rings. The Kier molecular flexibility index (Phi) is 31.5. The van der Waals surface area contributed by atoms with Gasteiger partial charge < -0.3 is 18.9 Å². The number of esters is 2. The number of phosphoric acid groups is 1. The lowest BCUT2D eigenvalue weighted by Gasteiger charge is -2.24. The maximum Gasteiger partial charge on any atom is 0.472 e. The number of carbonyl (C=O) groups is 2. The van der Waals surface area contributed by atoms with E-state index in [1.54, 1.807) is 0 Å². The molecule has 0 radical (unpaired) electrons. The van der Waals surface area contributed by atoms with Crippen molar-refractivity contribution < 1.29 is 42.1 Å². The molecular formula is C40H73NO8P+. The van der Waals surface area contributed by atoms with Crippen molar-refractivity contribution in [2.75, 3.05) is 47.5 Å². The molecule has 2 unspecified atom stereocenters. The number of carbonyl (C=O) groups excluding carboxylic acids is 2. The minimum Gasteiger partial charge on any atom is -0.462 e. The normalized spacial score (nSPS) is 14.3. The second-order valence-electron chi connectivity index (χ2n) is 13.9. The Hall–Kier alpha value is -2.03. The van der Waals surface area contributed by atoms with Crippen molar-refractivity contribution in [3.63, 3.8) is 0 Å². The zero-order chi connectivity index (χ0) is 37.2. The maximum absolute atomic E-state index is 12.6. The number of rotatable bonds is 34.